The summed E-state index contributed by atoms with van der Waals surface area (Å²) in [6, 6.07) is 9.06. The number of aromatic nitrogens is 6. The van der Waals surface area contributed by atoms with Gasteiger partial charge in [-0.15, -0.1) is 0 Å². The molecule has 29 heavy (non-hydrogen) atoms. The van der Waals surface area contributed by atoms with Gasteiger partial charge in [0, 0.05) is 17.8 Å². The Hall–Kier alpha value is -2.99. The van der Waals surface area contributed by atoms with Crippen molar-refractivity contribution < 1.29 is 0 Å². The first-order valence-corrected chi connectivity index (χ1v) is 9.63. The normalized spacial score (nSPS) is 12.2. The van der Waals surface area contributed by atoms with Crippen molar-refractivity contribution in [2.24, 2.45) is 5.73 Å². The Kier molecular flexibility index (Phi) is 5.45. The Bertz CT molecular complexity index is 1210. The predicted molar refractivity (Wildman–Crippen MR) is 110 cm³/mol. The van der Waals surface area contributed by atoms with Crippen molar-refractivity contribution in [2.45, 2.75) is 25.4 Å². The van der Waals surface area contributed by atoms with Crippen molar-refractivity contribution in [1.29, 1.82) is 5.26 Å². The molecule has 0 aliphatic heterocycles. The molecular weight excluding hydrogens is 411 g/mol. The second-order valence-electron chi connectivity index (χ2n) is 6.57. The van der Waals surface area contributed by atoms with E-state index >= 15 is 0 Å². The van der Waals surface area contributed by atoms with E-state index in [-0.39, 0.29) is 11.3 Å². The van der Waals surface area contributed by atoms with Crippen LogP contribution in [0.5, 0.6) is 0 Å². The summed E-state index contributed by atoms with van der Waals surface area (Å²) in [6.07, 6.45) is 4.77. The van der Waals surface area contributed by atoms with Crippen molar-refractivity contribution in [3.63, 3.8) is 0 Å². The van der Waals surface area contributed by atoms with Crippen LogP contribution in [0.2, 0.25) is 10.3 Å². The predicted octanol–water partition coefficient (Wildman–Crippen LogP) is 3.35. The molecule has 0 radical (unpaired) electrons. The van der Waals surface area contributed by atoms with Gasteiger partial charge in [0.1, 0.15) is 11.6 Å². The van der Waals surface area contributed by atoms with E-state index in [0.29, 0.717) is 35.6 Å². The van der Waals surface area contributed by atoms with E-state index in [4.69, 9.17) is 34.2 Å². The number of nitrogens with one attached hydrogen (secondary N) is 1. The fourth-order valence-corrected chi connectivity index (χ4v) is 3.49. The van der Waals surface area contributed by atoms with Crippen molar-refractivity contribution >= 4 is 34.4 Å². The lowest BCUT2D eigenvalue weighted by Crippen LogP contribution is -2.27. The topological polar surface area (TPSA) is 122 Å². The van der Waals surface area contributed by atoms with Crippen LogP contribution < -0.4 is 5.73 Å². The maximum absolute atomic E-state index is 8.99. The molecule has 3 heterocycles. The minimum absolute atomic E-state index is 0.126. The Balaban J connectivity index is 1.41. The van der Waals surface area contributed by atoms with Crippen LogP contribution in [0.25, 0.3) is 22.4 Å². The lowest BCUT2D eigenvalue weighted by atomic mass is 10.1. The Morgan fingerprint density at radius 3 is 2.90 bits per heavy atom. The van der Waals surface area contributed by atoms with Gasteiger partial charge in [-0.2, -0.15) is 15.3 Å². The highest BCUT2D eigenvalue weighted by Crippen LogP contribution is 2.24. The van der Waals surface area contributed by atoms with Gasteiger partial charge < -0.3 is 10.7 Å². The van der Waals surface area contributed by atoms with Gasteiger partial charge in [-0.3, -0.25) is 4.68 Å². The summed E-state index contributed by atoms with van der Waals surface area (Å²) in [4.78, 5) is 15.5. The molecule has 0 amide bonds. The number of imidazole rings is 1. The second kappa shape index (κ2) is 8.17. The van der Waals surface area contributed by atoms with Gasteiger partial charge in [0.15, 0.2) is 5.65 Å². The largest absolute Gasteiger partial charge is 0.342 e. The third-order valence-electron chi connectivity index (χ3n) is 4.53. The van der Waals surface area contributed by atoms with Crippen LogP contribution in [0, 0.1) is 11.3 Å². The quantitative estimate of drug-likeness (QED) is 0.455. The van der Waals surface area contributed by atoms with Crippen LogP contribution in [0.4, 0.5) is 0 Å². The third kappa shape index (κ3) is 4.22. The molecule has 3 N–H and O–H groups in total. The number of halogens is 2. The molecule has 0 unspecified atom stereocenters. The first kappa shape index (κ1) is 19.3. The average Bonchev–Trinajstić information content (AvgIpc) is 3.35. The van der Waals surface area contributed by atoms with Crippen LogP contribution in [0.15, 0.2) is 36.8 Å². The number of aryl methyl sites for hydroxylation is 1. The summed E-state index contributed by atoms with van der Waals surface area (Å²) < 4.78 is 1.80. The first-order valence-electron chi connectivity index (χ1n) is 8.88. The average molecular weight is 427 g/mol. The molecule has 0 aliphatic rings. The Labute approximate surface area is 176 Å². The number of hydrogen-bond donors (Lipinski definition) is 2. The molecule has 10 heteroatoms. The van der Waals surface area contributed by atoms with E-state index in [9.17, 15) is 0 Å². The number of aromatic amines is 1. The van der Waals surface area contributed by atoms with Crippen LogP contribution >= 0.6 is 23.2 Å². The smallest absolute Gasteiger partial charge is 0.224 e. The molecular formula is C19H16Cl2N8. The number of nitriles is 1. The molecule has 0 saturated heterocycles. The SMILES string of the molecule is N#Cc1ccc(-c2ccn(C[C@H](N)CCc3nc(Cl)nc4nc[nH]c34)n2)cc1Cl. The van der Waals surface area contributed by atoms with E-state index in [1.807, 2.05) is 24.4 Å². The number of fused-ring (bicyclic) bond motifs is 1. The zero-order chi connectivity index (χ0) is 20.4. The van der Waals surface area contributed by atoms with E-state index < -0.39 is 0 Å². The van der Waals surface area contributed by atoms with E-state index in [1.165, 1.54) is 0 Å². The molecule has 4 rings (SSSR count). The standard InChI is InChI=1S/C19H16Cl2N8/c20-14-7-11(1-2-12(14)8-22)15-5-6-29(28-15)9-13(23)3-4-16-17-18(25-10-24-17)27-19(21)26-16/h1-2,5-7,10,13H,3-4,9,23H2,(H,24,25,26,27)/t13-/m1/s1. The first-order chi connectivity index (χ1) is 14.0. The molecule has 0 fully saturated rings. The lowest BCUT2D eigenvalue weighted by molar-refractivity contribution is 0.485. The zero-order valence-electron chi connectivity index (χ0n) is 15.2. The molecule has 3 aromatic heterocycles. The summed E-state index contributed by atoms with van der Waals surface area (Å²) in [7, 11) is 0. The zero-order valence-corrected chi connectivity index (χ0v) is 16.7. The maximum Gasteiger partial charge on any atom is 0.224 e. The fourth-order valence-electron chi connectivity index (χ4n) is 3.08. The van der Waals surface area contributed by atoms with Crippen LogP contribution in [-0.4, -0.2) is 35.8 Å². The number of hydrogen-bond acceptors (Lipinski definition) is 6. The van der Waals surface area contributed by atoms with Gasteiger partial charge >= 0.3 is 0 Å². The molecule has 0 saturated carbocycles. The van der Waals surface area contributed by atoms with E-state index in [0.717, 1.165) is 22.5 Å². The number of nitrogens with two attached hydrogens (primary N) is 1. The van der Waals surface area contributed by atoms with Crippen LogP contribution in [0.3, 0.4) is 0 Å². The molecule has 1 aromatic carbocycles. The fraction of sp³-hybridized carbons (Fsp3) is 0.211. The van der Waals surface area contributed by atoms with Crippen molar-refractivity contribution in [1.82, 2.24) is 29.7 Å². The molecule has 0 aliphatic carbocycles. The Morgan fingerprint density at radius 2 is 2.10 bits per heavy atom. The molecule has 0 bridgehead atoms. The van der Waals surface area contributed by atoms with Gasteiger partial charge in [-0.05, 0) is 42.6 Å². The molecule has 0 spiro atoms. The highest BCUT2D eigenvalue weighted by molar-refractivity contribution is 6.32. The summed E-state index contributed by atoms with van der Waals surface area (Å²) >= 11 is 12.1. The van der Waals surface area contributed by atoms with E-state index in [2.05, 4.69) is 25.0 Å². The summed E-state index contributed by atoms with van der Waals surface area (Å²) in [5, 5.41) is 14.1. The molecule has 1 atom stereocenters. The summed E-state index contributed by atoms with van der Waals surface area (Å²) in [5.74, 6) is 0. The van der Waals surface area contributed by atoms with Gasteiger partial charge in [0.2, 0.25) is 5.28 Å². The summed E-state index contributed by atoms with van der Waals surface area (Å²) in [6.45, 7) is 0.551. The molecule has 8 nitrogen and oxygen atoms in total. The number of nitrogens with zero attached hydrogens (tertiary/aromatic N) is 6. The van der Waals surface area contributed by atoms with Crippen molar-refractivity contribution in [2.75, 3.05) is 0 Å². The number of H-pyrrole nitrogens is 1. The third-order valence-corrected chi connectivity index (χ3v) is 5.01. The highest BCUT2D eigenvalue weighted by Gasteiger charge is 2.13. The molecule has 4 aromatic rings. The van der Waals surface area contributed by atoms with Crippen molar-refractivity contribution in [3.8, 4) is 17.3 Å². The monoisotopic (exact) mass is 426 g/mol. The minimum Gasteiger partial charge on any atom is -0.342 e. The van der Waals surface area contributed by atoms with Crippen LogP contribution in [-0.2, 0) is 13.0 Å². The number of benzene rings is 1. The second-order valence-corrected chi connectivity index (χ2v) is 7.31. The van der Waals surface area contributed by atoms with Gasteiger partial charge in [0.05, 0.1) is 34.8 Å². The van der Waals surface area contributed by atoms with Gasteiger partial charge in [-0.25, -0.2) is 9.97 Å². The van der Waals surface area contributed by atoms with Gasteiger partial charge in [0.25, 0.3) is 0 Å². The highest BCUT2D eigenvalue weighted by atomic mass is 35.5. The van der Waals surface area contributed by atoms with Crippen LogP contribution in [0.1, 0.15) is 17.7 Å². The maximum atomic E-state index is 8.99. The molecule has 146 valence electrons. The Morgan fingerprint density at radius 1 is 1.24 bits per heavy atom. The van der Waals surface area contributed by atoms with E-state index in [1.54, 1.807) is 23.1 Å². The lowest BCUT2D eigenvalue weighted by Gasteiger charge is -2.11. The minimum atomic E-state index is -0.126. The van der Waals surface area contributed by atoms with Gasteiger partial charge in [-0.1, -0.05) is 17.7 Å². The number of rotatable bonds is 6. The van der Waals surface area contributed by atoms with Crippen molar-refractivity contribution in [3.05, 3.63) is 58.4 Å². The summed E-state index contributed by atoms with van der Waals surface area (Å²) in [5.41, 5.74) is 10.5.